The summed E-state index contributed by atoms with van der Waals surface area (Å²) >= 11 is 0. The topological polar surface area (TPSA) is 88.3 Å². The van der Waals surface area contributed by atoms with Gasteiger partial charge in [0.15, 0.2) is 0 Å². The molecular weight excluding hydrogens is 493 g/mol. The summed E-state index contributed by atoms with van der Waals surface area (Å²) in [6.45, 7) is 5.06. The lowest BCUT2D eigenvalue weighted by molar-refractivity contribution is -0.137. The van der Waals surface area contributed by atoms with Gasteiger partial charge in [0.2, 0.25) is 10.0 Å². The van der Waals surface area contributed by atoms with Crippen molar-refractivity contribution in [2.75, 3.05) is 0 Å². The minimum Gasteiger partial charge on any atom is -0.456 e. The molecule has 194 valence electrons. The van der Waals surface area contributed by atoms with Gasteiger partial charge in [-0.2, -0.15) is 13.2 Å². The van der Waals surface area contributed by atoms with Gasteiger partial charge < -0.3 is 9.72 Å². The number of benzene rings is 2. The maximum Gasteiger partial charge on any atom is 0.416 e. The van der Waals surface area contributed by atoms with Crippen LogP contribution in [-0.4, -0.2) is 31.0 Å². The van der Waals surface area contributed by atoms with Crippen molar-refractivity contribution in [3.8, 4) is 11.3 Å². The van der Waals surface area contributed by atoms with E-state index in [9.17, 15) is 26.4 Å². The number of carbonyl (C=O) groups is 1. The zero-order valence-electron chi connectivity index (χ0n) is 20.3. The first-order valence-corrected chi connectivity index (χ1v) is 13.3. The van der Waals surface area contributed by atoms with Crippen LogP contribution in [0.4, 0.5) is 13.2 Å². The molecule has 0 atom stereocenters. The Hall–Kier alpha value is -2.85. The van der Waals surface area contributed by atoms with Crippen molar-refractivity contribution in [1.82, 2.24) is 9.71 Å². The van der Waals surface area contributed by atoms with Gasteiger partial charge >= 0.3 is 12.1 Å². The summed E-state index contributed by atoms with van der Waals surface area (Å²) in [5, 5.41) is 0.462. The first-order valence-electron chi connectivity index (χ1n) is 11.8. The summed E-state index contributed by atoms with van der Waals surface area (Å²) in [4.78, 5) is 15.7. The lowest BCUT2D eigenvalue weighted by Gasteiger charge is -2.23. The number of aromatic amines is 1. The molecule has 0 amide bonds. The number of H-pyrrole nitrogens is 1. The quantitative estimate of drug-likeness (QED) is 0.379. The number of hydrogen-bond acceptors (Lipinski definition) is 4. The fourth-order valence-corrected chi connectivity index (χ4v) is 5.84. The largest absolute Gasteiger partial charge is 0.456 e. The highest BCUT2D eigenvalue weighted by Gasteiger charge is 2.34. The Balaban J connectivity index is 1.89. The SMILES string of the molecule is CC(C)(C)OC(=O)c1c(-c2cc(C(F)(F)F)cc(S(=O)(=O)NC3CCCCC3)c2)[nH]c2ccccc12. The number of rotatable bonds is 5. The van der Waals surface area contributed by atoms with Crippen LogP contribution < -0.4 is 4.72 Å². The summed E-state index contributed by atoms with van der Waals surface area (Å²) in [7, 11) is -4.25. The second-order valence-electron chi connectivity index (χ2n) is 10.1. The van der Waals surface area contributed by atoms with E-state index in [1.165, 1.54) is 6.07 Å². The second-order valence-corrected chi connectivity index (χ2v) is 11.8. The molecule has 1 fully saturated rings. The molecule has 1 aliphatic rings. The van der Waals surface area contributed by atoms with Crippen LogP contribution in [0.25, 0.3) is 22.2 Å². The molecule has 0 unspecified atom stereocenters. The number of nitrogens with one attached hydrogen (secondary N) is 2. The average molecular weight is 523 g/mol. The van der Waals surface area contributed by atoms with Crippen molar-refractivity contribution in [1.29, 1.82) is 0 Å². The highest BCUT2D eigenvalue weighted by atomic mass is 32.2. The number of sulfonamides is 1. The minimum atomic E-state index is -4.80. The van der Waals surface area contributed by atoms with Crippen LogP contribution in [0, 0.1) is 0 Å². The highest BCUT2D eigenvalue weighted by Crippen LogP contribution is 2.38. The Labute approximate surface area is 208 Å². The van der Waals surface area contributed by atoms with E-state index in [1.54, 1.807) is 45.0 Å². The van der Waals surface area contributed by atoms with Gasteiger partial charge in [-0.1, -0.05) is 37.5 Å². The first-order chi connectivity index (χ1) is 16.7. The molecule has 6 nitrogen and oxygen atoms in total. The highest BCUT2D eigenvalue weighted by molar-refractivity contribution is 7.89. The summed E-state index contributed by atoms with van der Waals surface area (Å²) in [5.41, 5.74) is -1.44. The number of hydrogen-bond donors (Lipinski definition) is 2. The Morgan fingerprint density at radius 2 is 1.69 bits per heavy atom. The maximum absolute atomic E-state index is 13.9. The van der Waals surface area contributed by atoms with Gasteiger partial charge in [0.05, 0.1) is 21.7 Å². The average Bonchev–Trinajstić information content (AvgIpc) is 3.17. The molecular formula is C26H29F3N2O4S. The molecule has 0 aliphatic heterocycles. The van der Waals surface area contributed by atoms with Crippen molar-refractivity contribution in [3.05, 3.63) is 53.6 Å². The third-order valence-electron chi connectivity index (χ3n) is 6.07. The number of para-hydroxylation sites is 1. The number of fused-ring (bicyclic) bond motifs is 1. The fourth-order valence-electron chi connectivity index (χ4n) is 4.47. The number of aromatic nitrogens is 1. The van der Waals surface area contributed by atoms with Crippen LogP contribution in [0.1, 0.15) is 68.8 Å². The third kappa shape index (κ3) is 5.75. The van der Waals surface area contributed by atoms with Crippen molar-refractivity contribution in [2.24, 2.45) is 0 Å². The van der Waals surface area contributed by atoms with Crippen LogP contribution in [0.3, 0.4) is 0 Å². The molecule has 3 aromatic rings. The molecule has 36 heavy (non-hydrogen) atoms. The van der Waals surface area contributed by atoms with Crippen LogP contribution in [0.2, 0.25) is 0 Å². The molecule has 1 aliphatic carbocycles. The molecule has 2 aromatic carbocycles. The van der Waals surface area contributed by atoms with Gasteiger partial charge in [-0.3, -0.25) is 0 Å². The molecule has 0 bridgehead atoms. The summed E-state index contributed by atoms with van der Waals surface area (Å²) in [5.74, 6) is -0.725. The Morgan fingerprint density at radius 3 is 2.33 bits per heavy atom. The molecule has 10 heteroatoms. The summed E-state index contributed by atoms with van der Waals surface area (Å²) in [6.07, 6.45) is -0.820. The van der Waals surface area contributed by atoms with E-state index in [4.69, 9.17) is 4.74 Å². The molecule has 0 radical (unpaired) electrons. The Morgan fingerprint density at radius 1 is 1.03 bits per heavy atom. The fraction of sp³-hybridized carbons (Fsp3) is 0.423. The van der Waals surface area contributed by atoms with E-state index in [0.29, 0.717) is 29.8 Å². The zero-order chi connectivity index (χ0) is 26.3. The van der Waals surface area contributed by atoms with Crippen molar-refractivity contribution in [2.45, 2.75) is 75.6 Å². The lowest BCUT2D eigenvalue weighted by Crippen LogP contribution is -2.36. The van der Waals surface area contributed by atoms with Gasteiger partial charge in [0, 0.05) is 22.5 Å². The van der Waals surface area contributed by atoms with E-state index >= 15 is 0 Å². The van der Waals surface area contributed by atoms with E-state index < -0.39 is 38.2 Å². The number of esters is 1. The lowest BCUT2D eigenvalue weighted by atomic mass is 9.96. The number of alkyl halides is 3. The smallest absolute Gasteiger partial charge is 0.416 e. The third-order valence-corrected chi connectivity index (χ3v) is 7.57. The van der Waals surface area contributed by atoms with Gasteiger partial charge in [-0.25, -0.2) is 17.9 Å². The van der Waals surface area contributed by atoms with Crippen molar-refractivity contribution < 1.29 is 31.1 Å². The monoisotopic (exact) mass is 522 g/mol. The normalized spacial score (nSPS) is 15.8. The van der Waals surface area contributed by atoms with Gasteiger partial charge in [0.25, 0.3) is 0 Å². The molecule has 1 heterocycles. The standard InChI is InChI=1S/C26H29F3N2O4S/c1-25(2,3)35-24(32)22-20-11-7-8-12-21(20)30-23(22)16-13-17(26(27,28)29)15-19(14-16)36(33,34)31-18-9-5-4-6-10-18/h7-8,11-15,18,30-31H,4-6,9-10H2,1-3H3. The van der Waals surface area contributed by atoms with Crippen LogP contribution in [0.15, 0.2) is 47.4 Å². The number of carbonyl (C=O) groups excluding carboxylic acids is 1. The van der Waals surface area contributed by atoms with E-state index in [2.05, 4.69) is 9.71 Å². The zero-order valence-corrected chi connectivity index (χ0v) is 21.1. The van der Waals surface area contributed by atoms with Crippen molar-refractivity contribution >= 4 is 26.9 Å². The predicted octanol–water partition coefficient (Wildman–Crippen LogP) is 6.42. The molecule has 1 saturated carbocycles. The molecule has 4 rings (SSSR count). The second kappa shape index (κ2) is 9.55. The van der Waals surface area contributed by atoms with E-state index in [-0.39, 0.29) is 22.9 Å². The number of ether oxygens (including phenoxy) is 1. The Kier molecular flexibility index (Phi) is 6.96. The summed E-state index contributed by atoms with van der Waals surface area (Å²) < 4.78 is 76.1. The van der Waals surface area contributed by atoms with Crippen molar-refractivity contribution in [3.63, 3.8) is 0 Å². The van der Waals surface area contributed by atoms with Crippen LogP contribution in [0.5, 0.6) is 0 Å². The number of halogens is 3. The van der Waals surface area contributed by atoms with Crippen LogP contribution in [-0.2, 0) is 20.9 Å². The molecule has 2 N–H and O–H groups in total. The van der Waals surface area contributed by atoms with Crippen LogP contribution >= 0.6 is 0 Å². The van der Waals surface area contributed by atoms with Gasteiger partial charge in [0.1, 0.15) is 5.60 Å². The minimum absolute atomic E-state index is 0.0448. The molecule has 0 saturated heterocycles. The molecule has 0 spiro atoms. The first kappa shape index (κ1) is 26.2. The predicted molar refractivity (Wildman–Crippen MR) is 131 cm³/mol. The summed E-state index contributed by atoms with van der Waals surface area (Å²) in [6, 6.07) is 9.07. The van der Waals surface area contributed by atoms with Gasteiger partial charge in [-0.15, -0.1) is 0 Å². The van der Waals surface area contributed by atoms with E-state index in [0.717, 1.165) is 25.3 Å². The van der Waals surface area contributed by atoms with Gasteiger partial charge in [-0.05, 0) is 57.9 Å². The molecule has 1 aromatic heterocycles. The van der Waals surface area contributed by atoms with E-state index in [1.807, 2.05) is 0 Å². The maximum atomic E-state index is 13.9. The Bertz CT molecular complexity index is 1380.